The molecule has 2 rings (SSSR count). The predicted octanol–water partition coefficient (Wildman–Crippen LogP) is 2.33. The maximum absolute atomic E-state index is 13.0. The molecular weight excluding hydrogens is 391 g/mol. The lowest BCUT2D eigenvalue weighted by molar-refractivity contribution is -0.126. The highest BCUT2D eigenvalue weighted by Gasteiger charge is 2.33. The molecule has 0 aromatic heterocycles. The number of rotatable bonds is 5. The number of carbonyl (C=O) groups excluding carboxylic acids is 1. The Bertz CT molecular complexity index is 339. The number of hydrogen-bond acceptors (Lipinski definition) is 3. The number of likely N-dealkylation sites (tertiary alicyclic amines) is 1. The fourth-order valence-electron chi connectivity index (χ4n) is 3.05. The van der Waals surface area contributed by atoms with E-state index < -0.39 is 5.92 Å². The van der Waals surface area contributed by atoms with Gasteiger partial charge in [-0.3, -0.25) is 8.32 Å². The van der Waals surface area contributed by atoms with Gasteiger partial charge in [0.2, 0.25) is 5.91 Å². The van der Waals surface area contributed by atoms with Crippen LogP contribution in [0.2, 0.25) is 0 Å². The molecule has 0 spiro atoms. The Labute approximate surface area is 138 Å². The first-order chi connectivity index (χ1) is 10.00. The summed E-state index contributed by atoms with van der Waals surface area (Å²) < 4.78 is 29.3. The van der Waals surface area contributed by atoms with Gasteiger partial charge < -0.3 is 10.2 Å². The van der Waals surface area contributed by atoms with Gasteiger partial charge in [-0.2, -0.15) is 0 Å². The average Bonchev–Trinajstić information content (AvgIpc) is 2.49. The Kier molecular flexibility index (Phi) is 6.61. The summed E-state index contributed by atoms with van der Waals surface area (Å²) in [7, 11) is 0. The van der Waals surface area contributed by atoms with Crippen LogP contribution >= 0.6 is 22.9 Å². The smallest absolute Gasteiger partial charge is 0.250 e. The SMILES string of the molecule is O=C(NCCN1CCC(F)(F)CC1)[C@H]1CC[C@H](NI)CC1. The van der Waals surface area contributed by atoms with Crippen molar-refractivity contribution in [2.75, 3.05) is 26.2 Å². The van der Waals surface area contributed by atoms with E-state index >= 15 is 0 Å². The van der Waals surface area contributed by atoms with E-state index in [1.165, 1.54) is 0 Å². The molecule has 0 atom stereocenters. The molecule has 122 valence electrons. The minimum atomic E-state index is -2.49. The van der Waals surface area contributed by atoms with Gasteiger partial charge in [-0.1, -0.05) is 0 Å². The van der Waals surface area contributed by atoms with Gasteiger partial charge in [0.15, 0.2) is 0 Å². The van der Waals surface area contributed by atoms with Crippen molar-refractivity contribution in [3.63, 3.8) is 0 Å². The van der Waals surface area contributed by atoms with E-state index in [4.69, 9.17) is 0 Å². The molecule has 1 aliphatic heterocycles. The third kappa shape index (κ3) is 5.59. The molecule has 4 nitrogen and oxygen atoms in total. The lowest BCUT2D eigenvalue weighted by atomic mass is 9.86. The second kappa shape index (κ2) is 8.01. The average molecular weight is 415 g/mol. The van der Waals surface area contributed by atoms with Gasteiger partial charge in [0, 0.05) is 73.8 Å². The molecule has 21 heavy (non-hydrogen) atoms. The Morgan fingerprint density at radius 3 is 2.38 bits per heavy atom. The Morgan fingerprint density at radius 2 is 1.81 bits per heavy atom. The van der Waals surface area contributed by atoms with Crippen LogP contribution in [0.4, 0.5) is 8.78 Å². The number of nitrogens with zero attached hydrogens (tertiary/aromatic N) is 1. The van der Waals surface area contributed by atoms with Gasteiger partial charge in [0.25, 0.3) is 5.92 Å². The van der Waals surface area contributed by atoms with Crippen molar-refractivity contribution in [2.24, 2.45) is 5.92 Å². The summed E-state index contributed by atoms with van der Waals surface area (Å²) in [6.07, 6.45) is 3.83. The standard InChI is InChI=1S/C14H24F2IN3O/c15-14(16)5-8-20(9-6-14)10-7-18-13(21)11-1-3-12(19-17)4-2-11/h11-12,19H,1-10H2,(H,18,21)/t11-,12-. The Hall–Kier alpha value is -0.0200. The highest BCUT2D eigenvalue weighted by Crippen LogP contribution is 2.27. The molecule has 0 radical (unpaired) electrons. The van der Waals surface area contributed by atoms with Gasteiger partial charge >= 0.3 is 0 Å². The van der Waals surface area contributed by atoms with Gasteiger partial charge in [-0.05, 0) is 25.7 Å². The number of carbonyl (C=O) groups is 1. The van der Waals surface area contributed by atoms with Crippen LogP contribution in [0.5, 0.6) is 0 Å². The summed E-state index contributed by atoms with van der Waals surface area (Å²) in [4.78, 5) is 14.1. The number of halogens is 3. The second-order valence-corrected chi connectivity index (χ2v) is 6.77. The molecule has 1 saturated carbocycles. The molecule has 0 aromatic carbocycles. The molecule has 1 heterocycles. The van der Waals surface area contributed by atoms with Crippen molar-refractivity contribution in [3.05, 3.63) is 0 Å². The van der Waals surface area contributed by atoms with Crippen LogP contribution in [0.1, 0.15) is 38.5 Å². The summed E-state index contributed by atoms with van der Waals surface area (Å²) in [5, 5.41) is 2.96. The molecule has 2 N–H and O–H groups in total. The van der Waals surface area contributed by atoms with Crippen molar-refractivity contribution < 1.29 is 13.6 Å². The van der Waals surface area contributed by atoms with Crippen molar-refractivity contribution in [3.8, 4) is 0 Å². The molecule has 1 amide bonds. The van der Waals surface area contributed by atoms with Crippen LogP contribution in [-0.4, -0.2) is 49.0 Å². The first-order valence-electron chi connectivity index (χ1n) is 7.74. The molecular formula is C14H24F2IN3O. The highest BCUT2D eigenvalue weighted by atomic mass is 127. The lowest BCUT2D eigenvalue weighted by Crippen LogP contribution is -2.44. The normalized spacial score (nSPS) is 30.0. The van der Waals surface area contributed by atoms with Gasteiger partial charge in [0.1, 0.15) is 0 Å². The third-order valence-corrected chi connectivity index (χ3v) is 5.45. The van der Waals surface area contributed by atoms with E-state index in [1.54, 1.807) is 0 Å². The fraction of sp³-hybridized carbons (Fsp3) is 0.929. The van der Waals surface area contributed by atoms with Crippen molar-refractivity contribution in [1.29, 1.82) is 0 Å². The zero-order valence-corrected chi connectivity index (χ0v) is 14.4. The van der Waals surface area contributed by atoms with Crippen LogP contribution in [-0.2, 0) is 4.79 Å². The summed E-state index contributed by atoms with van der Waals surface area (Å²) in [6, 6.07) is 0.532. The van der Waals surface area contributed by atoms with E-state index in [9.17, 15) is 13.6 Å². The largest absolute Gasteiger partial charge is 0.355 e. The van der Waals surface area contributed by atoms with Crippen molar-refractivity contribution in [2.45, 2.75) is 50.5 Å². The highest BCUT2D eigenvalue weighted by molar-refractivity contribution is 14.1. The molecule has 0 unspecified atom stereocenters. The Balaban J connectivity index is 1.60. The molecule has 1 aliphatic carbocycles. The van der Waals surface area contributed by atoms with Gasteiger partial charge in [0.05, 0.1) is 0 Å². The second-order valence-electron chi connectivity index (χ2n) is 6.15. The number of piperidine rings is 1. The van der Waals surface area contributed by atoms with E-state index in [1.807, 2.05) is 4.90 Å². The maximum Gasteiger partial charge on any atom is 0.250 e. The van der Waals surface area contributed by atoms with E-state index in [-0.39, 0.29) is 24.7 Å². The number of hydrogen-bond donors (Lipinski definition) is 2. The first kappa shape index (κ1) is 17.3. The summed E-state index contributed by atoms with van der Waals surface area (Å²) in [5.41, 5.74) is 0. The molecule has 7 heteroatoms. The quantitative estimate of drug-likeness (QED) is 0.535. The van der Waals surface area contributed by atoms with Gasteiger partial charge in [-0.25, -0.2) is 8.78 Å². The monoisotopic (exact) mass is 415 g/mol. The number of alkyl halides is 2. The summed E-state index contributed by atoms with van der Waals surface area (Å²) in [6.45, 7) is 2.09. The Morgan fingerprint density at radius 1 is 1.19 bits per heavy atom. The van der Waals surface area contributed by atoms with E-state index in [0.717, 1.165) is 25.7 Å². The first-order valence-corrected chi connectivity index (χ1v) is 8.82. The van der Waals surface area contributed by atoms with Crippen LogP contribution in [0, 0.1) is 5.92 Å². The van der Waals surface area contributed by atoms with Crippen molar-refractivity contribution in [1.82, 2.24) is 13.7 Å². The third-order valence-electron chi connectivity index (χ3n) is 4.57. The zero-order chi connectivity index (χ0) is 15.3. The number of nitrogens with one attached hydrogen (secondary N) is 2. The molecule has 0 bridgehead atoms. The van der Waals surface area contributed by atoms with Gasteiger partial charge in [-0.15, -0.1) is 0 Å². The van der Waals surface area contributed by atoms with Crippen LogP contribution in [0.15, 0.2) is 0 Å². The van der Waals surface area contributed by atoms with E-state index in [0.29, 0.717) is 32.2 Å². The van der Waals surface area contributed by atoms with Crippen LogP contribution in [0.3, 0.4) is 0 Å². The predicted molar refractivity (Wildman–Crippen MR) is 86.5 cm³/mol. The fourth-order valence-corrected chi connectivity index (χ4v) is 3.67. The zero-order valence-electron chi connectivity index (χ0n) is 12.2. The van der Waals surface area contributed by atoms with Crippen LogP contribution in [0.25, 0.3) is 0 Å². The molecule has 2 fully saturated rings. The molecule has 1 saturated heterocycles. The lowest BCUT2D eigenvalue weighted by Gasteiger charge is -2.32. The van der Waals surface area contributed by atoms with Crippen LogP contribution < -0.4 is 8.85 Å². The molecule has 0 aromatic rings. The van der Waals surface area contributed by atoms with Crippen molar-refractivity contribution >= 4 is 28.8 Å². The maximum atomic E-state index is 13.0. The molecule has 2 aliphatic rings. The van der Waals surface area contributed by atoms with E-state index in [2.05, 4.69) is 31.7 Å². The number of amides is 1. The summed E-state index contributed by atoms with van der Waals surface area (Å²) >= 11 is 2.17. The summed E-state index contributed by atoms with van der Waals surface area (Å²) in [5.74, 6) is -2.24. The minimum absolute atomic E-state index is 0.0612. The topological polar surface area (TPSA) is 44.4 Å². The minimum Gasteiger partial charge on any atom is -0.355 e.